The summed E-state index contributed by atoms with van der Waals surface area (Å²) in [4.78, 5) is 3.04. The number of aryl methyl sites for hydroxylation is 2. The second kappa shape index (κ2) is 8.55. The zero-order chi connectivity index (χ0) is 19.6. The number of benzene rings is 3. The second-order valence-electron chi connectivity index (χ2n) is 6.48. The van der Waals surface area contributed by atoms with Crippen molar-refractivity contribution in [3.8, 4) is 0 Å². The number of rotatable bonds is 5. The first-order valence-corrected chi connectivity index (χ1v) is 10.4. The fourth-order valence-corrected chi connectivity index (χ4v) is 4.45. The van der Waals surface area contributed by atoms with Gasteiger partial charge in [0.15, 0.2) is 0 Å². The lowest BCUT2D eigenvalue weighted by molar-refractivity contribution is 1.01. The maximum Gasteiger partial charge on any atom is 0.0539 e. The quantitative estimate of drug-likeness (QED) is 0.285. The molecule has 1 nitrogen and oxygen atoms in total. The van der Waals surface area contributed by atoms with Gasteiger partial charge in [-0.3, -0.25) is 0 Å². The summed E-state index contributed by atoms with van der Waals surface area (Å²) in [5.74, 6) is 0. The average Bonchev–Trinajstić information content (AvgIpc) is 2.64. The smallest absolute Gasteiger partial charge is 0.0539 e. The van der Waals surface area contributed by atoms with Crippen LogP contribution in [0.1, 0.15) is 29.2 Å². The highest BCUT2D eigenvalue weighted by Crippen LogP contribution is 2.33. The fraction of sp³-hybridized carbons (Fsp3) is 0.174. The third-order valence-corrected chi connectivity index (χ3v) is 5.91. The molecular formula is C23H21BrClNS. The van der Waals surface area contributed by atoms with E-state index >= 15 is 0 Å². The van der Waals surface area contributed by atoms with E-state index in [1.165, 1.54) is 11.3 Å². The number of halogens is 2. The van der Waals surface area contributed by atoms with Crippen LogP contribution < -0.4 is 4.90 Å². The van der Waals surface area contributed by atoms with Crippen LogP contribution in [0.2, 0.25) is 5.02 Å². The molecule has 0 N–H and O–H groups in total. The summed E-state index contributed by atoms with van der Waals surface area (Å²) < 4.78 is 1.08. The minimum Gasteiger partial charge on any atom is -0.342 e. The van der Waals surface area contributed by atoms with E-state index in [-0.39, 0.29) is 0 Å². The predicted octanol–water partition coefficient (Wildman–Crippen LogP) is 7.64. The molecule has 0 radical (unpaired) electrons. The molecule has 0 heterocycles. The van der Waals surface area contributed by atoms with Gasteiger partial charge in [0.2, 0.25) is 0 Å². The van der Waals surface area contributed by atoms with Gasteiger partial charge in [0, 0.05) is 28.0 Å². The van der Waals surface area contributed by atoms with Gasteiger partial charge in [0.1, 0.15) is 0 Å². The summed E-state index contributed by atoms with van der Waals surface area (Å²) in [6.45, 7) is 7.17. The molecule has 0 saturated carbocycles. The monoisotopic (exact) mass is 457 g/mol. The molecule has 4 heteroatoms. The standard InChI is InChI=1S/C23H21BrClNS/c1-4-26(22-12-9-17(24)13-16(22)3)18-10-11-20(21(25)14-18)23(27)19-8-6-5-7-15(19)2/h5-14H,4H2,1-3H3. The van der Waals surface area contributed by atoms with Gasteiger partial charge in [0.25, 0.3) is 0 Å². The molecule has 0 aliphatic rings. The first-order valence-electron chi connectivity index (χ1n) is 8.86. The number of anilines is 2. The van der Waals surface area contributed by atoms with Crippen molar-refractivity contribution in [3.05, 3.63) is 92.4 Å². The molecule has 0 bridgehead atoms. The minimum atomic E-state index is 0.675. The summed E-state index contributed by atoms with van der Waals surface area (Å²) in [5.41, 5.74) is 6.55. The van der Waals surface area contributed by atoms with Gasteiger partial charge in [0.05, 0.1) is 9.89 Å². The van der Waals surface area contributed by atoms with E-state index in [2.05, 4.69) is 71.9 Å². The van der Waals surface area contributed by atoms with Crippen LogP contribution in [0.5, 0.6) is 0 Å². The molecule has 3 aromatic rings. The summed E-state index contributed by atoms with van der Waals surface area (Å²) >= 11 is 15.9. The lowest BCUT2D eigenvalue weighted by atomic mass is 10.00. The topological polar surface area (TPSA) is 3.24 Å². The molecule has 0 aromatic heterocycles. The molecule has 0 atom stereocenters. The summed E-state index contributed by atoms with van der Waals surface area (Å²) in [5, 5.41) is 0.675. The molecule has 0 unspecified atom stereocenters. The highest BCUT2D eigenvalue weighted by molar-refractivity contribution is 9.10. The Morgan fingerprint density at radius 2 is 1.70 bits per heavy atom. The Bertz CT molecular complexity index is 999. The Morgan fingerprint density at radius 3 is 2.33 bits per heavy atom. The van der Waals surface area contributed by atoms with E-state index in [9.17, 15) is 0 Å². The highest BCUT2D eigenvalue weighted by Gasteiger charge is 2.15. The maximum atomic E-state index is 6.66. The van der Waals surface area contributed by atoms with Crippen LogP contribution in [0.15, 0.2) is 65.1 Å². The van der Waals surface area contributed by atoms with E-state index in [0.717, 1.165) is 38.3 Å². The van der Waals surface area contributed by atoms with Crippen LogP contribution in [-0.4, -0.2) is 11.4 Å². The van der Waals surface area contributed by atoms with E-state index in [1.807, 2.05) is 30.3 Å². The first-order chi connectivity index (χ1) is 12.9. The molecule has 0 fully saturated rings. The van der Waals surface area contributed by atoms with E-state index < -0.39 is 0 Å². The number of hydrogen-bond acceptors (Lipinski definition) is 2. The van der Waals surface area contributed by atoms with E-state index in [0.29, 0.717) is 5.02 Å². The van der Waals surface area contributed by atoms with Crippen LogP contribution in [-0.2, 0) is 0 Å². The third-order valence-electron chi connectivity index (χ3n) is 4.66. The van der Waals surface area contributed by atoms with Crippen molar-refractivity contribution in [1.29, 1.82) is 0 Å². The Balaban J connectivity index is 1.98. The van der Waals surface area contributed by atoms with Crippen LogP contribution in [0, 0.1) is 13.8 Å². The SMILES string of the molecule is CCN(c1ccc(C(=S)c2ccccc2C)c(Cl)c1)c1ccc(Br)cc1C. The van der Waals surface area contributed by atoms with Gasteiger partial charge in [-0.1, -0.05) is 64.0 Å². The van der Waals surface area contributed by atoms with Crippen molar-refractivity contribution in [1.82, 2.24) is 0 Å². The van der Waals surface area contributed by atoms with Crippen molar-refractivity contribution >= 4 is 56.0 Å². The van der Waals surface area contributed by atoms with Gasteiger partial charge >= 0.3 is 0 Å². The molecule has 138 valence electrons. The normalized spacial score (nSPS) is 10.7. The zero-order valence-corrected chi connectivity index (χ0v) is 18.8. The van der Waals surface area contributed by atoms with Crippen LogP contribution in [0.25, 0.3) is 0 Å². The summed E-state index contributed by atoms with van der Waals surface area (Å²) in [6.07, 6.45) is 0. The van der Waals surface area contributed by atoms with E-state index in [1.54, 1.807) is 0 Å². The van der Waals surface area contributed by atoms with Crippen molar-refractivity contribution in [3.63, 3.8) is 0 Å². The molecule has 0 aliphatic carbocycles. The number of thiocarbonyl (C=S) groups is 1. The Kier molecular flexibility index (Phi) is 6.36. The third kappa shape index (κ3) is 4.26. The molecule has 3 rings (SSSR count). The molecular weight excluding hydrogens is 438 g/mol. The fourth-order valence-electron chi connectivity index (χ4n) is 3.24. The van der Waals surface area contributed by atoms with Gasteiger partial charge in [-0.2, -0.15) is 0 Å². The molecule has 0 spiro atoms. The molecule has 0 saturated heterocycles. The zero-order valence-electron chi connectivity index (χ0n) is 15.6. The van der Waals surface area contributed by atoms with Gasteiger partial charge < -0.3 is 4.90 Å². The molecule has 0 aliphatic heterocycles. The van der Waals surface area contributed by atoms with Crippen molar-refractivity contribution in [2.75, 3.05) is 11.4 Å². The molecule has 27 heavy (non-hydrogen) atoms. The van der Waals surface area contributed by atoms with Gasteiger partial charge in [-0.25, -0.2) is 0 Å². The van der Waals surface area contributed by atoms with Crippen molar-refractivity contribution < 1.29 is 0 Å². The van der Waals surface area contributed by atoms with Crippen molar-refractivity contribution in [2.45, 2.75) is 20.8 Å². The predicted molar refractivity (Wildman–Crippen MR) is 125 cm³/mol. The largest absolute Gasteiger partial charge is 0.342 e. The second-order valence-corrected chi connectivity index (χ2v) is 8.21. The van der Waals surface area contributed by atoms with Crippen LogP contribution >= 0.6 is 39.7 Å². The van der Waals surface area contributed by atoms with Gasteiger partial charge in [-0.15, -0.1) is 0 Å². The number of nitrogens with zero attached hydrogens (tertiary/aromatic N) is 1. The first kappa shape index (κ1) is 20.1. The summed E-state index contributed by atoms with van der Waals surface area (Å²) in [7, 11) is 0. The molecule has 3 aromatic carbocycles. The summed E-state index contributed by atoms with van der Waals surface area (Å²) in [6, 6.07) is 20.6. The molecule has 0 amide bonds. The minimum absolute atomic E-state index is 0.675. The van der Waals surface area contributed by atoms with E-state index in [4.69, 9.17) is 23.8 Å². The number of hydrogen-bond donors (Lipinski definition) is 0. The lowest BCUT2D eigenvalue weighted by Gasteiger charge is -2.26. The Morgan fingerprint density at radius 1 is 0.963 bits per heavy atom. The Labute approximate surface area is 180 Å². The van der Waals surface area contributed by atoms with Crippen LogP contribution in [0.4, 0.5) is 11.4 Å². The maximum absolute atomic E-state index is 6.66. The van der Waals surface area contributed by atoms with Gasteiger partial charge in [-0.05, 0) is 73.9 Å². The van der Waals surface area contributed by atoms with Crippen LogP contribution in [0.3, 0.4) is 0 Å². The highest BCUT2D eigenvalue weighted by atomic mass is 79.9. The Hall–Kier alpha value is -1.68. The lowest BCUT2D eigenvalue weighted by Crippen LogP contribution is -2.17. The average molecular weight is 459 g/mol. The van der Waals surface area contributed by atoms with Crippen molar-refractivity contribution in [2.24, 2.45) is 0 Å².